The quantitative estimate of drug-likeness (QED) is 0.472. The minimum absolute atomic E-state index is 0.241. The average molecular weight is 192 g/mol. The molecule has 0 radical (unpaired) electrons. The highest BCUT2D eigenvalue weighted by atomic mass is 32.2. The predicted octanol–water partition coefficient (Wildman–Crippen LogP) is -0.00393. The minimum atomic E-state index is -2.37. The molecule has 2 unspecified atom stereocenters. The second kappa shape index (κ2) is 5.00. The molecule has 0 spiro atoms. The van der Waals surface area contributed by atoms with Gasteiger partial charge in [-0.05, 0) is 17.5 Å². The third-order valence-corrected chi connectivity index (χ3v) is 1.95. The Kier molecular flexibility index (Phi) is 4.68. The predicted molar refractivity (Wildman–Crippen MR) is 42.9 cm³/mol. The van der Waals surface area contributed by atoms with E-state index in [0.29, 0.717) is 0 Å². The van der Waals surface area contributed by atoms with Crippen LogP contribution in [0.4, 0.5) is 0 Å². The molecule has 2 atom stereocenters. The Balaban J connectivity index is 4.22. The molecule has 0 aromatic rings. The number of carboxylic acid groups (broad SMARTS) is 1. The molecular weight excluding hydrogens is 182 g/mol. The fraction of sp³-hybridized carbons (Fsp3) is 0.667. The Morgan fingerprint density at radius 1 is 1.75 bits per heavy atom. The van der Waals surface area contributed by atoms with Gasteiger partial charge in [0.1, 0.15) is 0 Å². The van der Waals surface area contributed by atoms with E-state index in [1.54, 1.807) is 6.92 Å². The molecule has 0 aromatic heterocycles. The largest absolute Gasteiger partial charge is 0.772 e. The highest BCUT2D eigenvalue weighted by Gasteiger charge is 2.19. The molecule has 0 saturated heterocycles. The zero-order chi connectivity index (χ0) is 9.72. The summed E-state index contributed by atoms with van der Waals surface area (Å²) in [4.78, 5) is 10.4. The maximum Gasteiger partial charge on any atom is 0.312 e. The second-order valence-electron chi connectivity index (χ2n) is 2.27. The van der Waals surface area contributed by atoms with Crippen molar-refractivity contribution in [1.29, 1.82) is 5.41 Å². The van der Waals surface area contributed by atoms with Gasteiger partial charge in [-0.25, -0.2) is 0 Å². The monoisotopic (exact) mass is 192 g/mol. The van der Waals surface area contributed by atoms with Crippen molar-refractivity contribution in [3.8, 4) is 0 Å². The molecule has 0 rings (SSSR count). The third-order valence-electron chi connectivity index (χ3n) is 1.40. The minimum Gasteiger partial charge on any atom is -0.772 e. The fourth-order valence-electron chi connectivity index (χ4n) is 0.798. The van der Waals surface area contributed by atoms with Crippen LogP contribution in [0.25, 0.3) is 0 Å². The summed E-state index contributed by atoms with van der Waals surface area (Å²) in [5.74, 6) is -2.61. The molecule has 70 valence electrons. The lowest BCUT2D eigenvalue weighted by molar-refractivity contribution is -0.139. The lowest BCUT2D eigenvalue weighted by Gasteiger charge is -2.12. The molecular formula is C6H10NO4S-. The first-order valence-corrected chi connectivity index (χ1v) is 4.59. The molecule has 0 aliphatic heterocycles. The van der Waals surface area contributed by atoms with Crippen LogP contribution in [0.5, 0.6) is 0 Å². The molecule has 0 heterocycles. The highest BCUT2D eigenvalue weighted by molar-refractivity contribution is 7.79. The Labute approximate surface area is 72.6 Å². The number of hydrogen-bond acceptors (Lipinski definition) is 4. The summed E-state index contributed by atoms with van der Waals surface area (Å²) in [6.07, 6.45) is 0.241. The maximum atomic E-state index is 10.4. The number of nitrogens with one attached hydrogen (secondary N) is 1. The van der Waals surface area contributed by atoms with E-state index in [9.17, 15) is 13.6 Å². The van der Waals surface area contributed by atoms with Crippen LogP contribution in [0.2, 0.25) is 0 Å². The van der Waals surface area contributed by atoms with E-state index in [-0.39, 0.29) is 12.1 Å². The molecule has 2 N–H and O–H groups in total. The Bertz CT molecular complexity index is 216. The smallest absolute Gasteiger partial charge is 0.312 e. The van der Waals surface area contributed by atoms with E-state index in [1.165, 1.54) is 0 Å². The van der Waals surface area contributed by atoms with E-state index in [0.717, 1.165) is 0 Å². The van der Waals surface area contributed by atoms with Crippen molar-refractivity contribution in [2.24, 2.45) is 5.92 Å². The van der Waals surface area contributed by atoms with Gasteiger partial charge >= 0.3 is 5.97 Å². The number of rotatable bonds is 5. The van der Waals surface area contributed by atoms with E-state index in [4.69, 9.17) is 10.5 Å². The zero-order valence-corrected chi connectivity index (χ0v) is 7.39. The number of carbonyl (C=O) groups is 1. The summed E-state index contributed by atoms with van der Waals surface area (Å²) in [7, 11) is 0. The van der Waals surface area contributed by atoms with Gasteiger partial charge in [-0.15, -0.1) is 0 Å². The van der Waals surface area contributed by atoms with Crippen molar-refractivity contribution in [1.82, 2.24) is 0 Å². The van der Waals surface area contributed by atoms with Crippen molar-refractivity contribution in [3.05, 3.63) is 0 Å². The van der Waals surface area contributed by atoms with Gasteiger partial charge < -0.3 is 15.1 Å². The first kappa shape index (κ1) is 11.2. The molecule has 6 heteroatoms. The summed E-state index contributed by atoms with van der Waals surface area (Å²) >= 11 is -2.37. The average Bonchev–Trinajstić information content (AvgIpc) is 1.85. The second-order valence-corrected chi connectivity index (χ2v) is 3.17. The van der Waals surface area contributed by atoms with Crippen molar-refractivity contribution in [2.75, 3.05) is 5.75 Å². The van der Waals surface area contributed by atoms with Crippen LogP contribution in [0.3, 0.4) is 0 Å². The van der Waals surface area contributed by atoms with Crippen molar-refractivity contribution in [3.63, 3.8) is 0 Å². The molecule has 0 amide bonds. The Morgan fingerprint density at radius 2 is 2.25 bits per heavy atom. The summed E-state index contributed by atoms with van der Waals surface area (Å²) in [6, 6.07) is 0. The summed E-state index contributed by atoms with van der Waals surface area (Å²) in [5, 5.41) is 15.6. The first-order chi connectivity index (χ1) is 5.49. The number of carboxylic acids is 1. The van der Waals surface area contributed by atoms with Crippen molar-refractivity contribution in [2.45, 2.75) is 13.3 Å². The molecule has 0 aromatic carbocycles. The molecule has 0 aliphatic rings. The maximum absolute atomic E-state index is 10.4. The standard InChI is InChI=1S/C6H11NO4S/c1-2-4(6(8)9)5(7)3-12(10)11/h4,7H,2-3H2,1H3,(H,8,9)(H,10,11)/p-1. The fourth-order valence-corrected chi connectivity index (χ4v) is 1.25. The first-order valence-electron chi connectivity index (χ1n) is 3.35. The molecule has 0 bridgehead atoms. The Morgan fingerprint density at radius 3 is 2.50 bits per heavy atom. The van der Waals surface area contributed by atoms with Gasteiger partial charge in [0.2, 0.25) is 0 Å². The summed E-state index contributed by atoms with van der Waals surface area (Å²) < 4.78 is 20.2. The van der Waals surface area contributed by atoms with Crippen LogP contribution >= 0.6 is 0 Å². The van der Waals surface area contributed by atoms with Gasteiger partial charge in [-0.2, -0.15) is 0 Å². The van der Waals surface area contributed by atoms with E-state index >= 15 is 0 Å². The lowest BCUT2D eigenvalue weighted by Crippen LogP contribution is -2.26. The van der Waals surface area contributed by atoms with Gasteiger partial charge in [-0.1, -0.05) is 6.92 Å². The van der Waals surface area contributed by atoms with Crippen molar-refractivity contribution < 1.29 is 18.7 Å². The molecule has 12 heavy (non-hydrogen) atoms. The van der Waals surface area contributed by atoms with E-state index in [1.807, 2.05) is 0 Å². The van der Waals surface area contributed by atoms with Crippen LogP contribution in [-0.4, -0.2) is 31.3 Å². The van der Waals surface area contributed by atoms with Crippen LogP contribution in [0, 0.1) is 11.3 Å². The summed E-state index contributed by atoms with van der Waals surface area (Å²) in [6.45, 7) is 1.60. The van der Waals surface area contributed by atoms with Crippen LogP contribution in [0.1, 0.15) is 13.3 Å². The molecule has 5 nitrogen and oxygen atoms in total. The Hall–Kier alpha value is -0.750. The van der Waals surface area contributed by atoms with E-state index < -0.39 is 28.7 Å². The number of aliphatic carboxylic acids is 1. The van der Waals surface area contributed by atoms with Gasteiger partial charge in [-0.3, -0.25) is 9.00 Å². The molecule has 0 saturated carbocycles. The van der Waals surface area contributed by atoms with Crippen LogP contribution in [-0.2, 0) is 15.9 Å². The highest BCUT2D eigenvalue weighted by Crippen LogP contribution is 2.05. The SMILES string of the molecule is CCC(C(=N)CS(=O)[O-])C(=O)O. The summed E-state index contributed by atoms with van der Waals surface area (Å²) in [5.41, 5.74) is -0.265. The van der Waals surface area contributed by atoms with Gasteiger partial charge in [0.05, 0.1) is 5.92 Å². The topological polar surface area (TPSA) is 101 Å². The van der Waals surface area contributed by atoms with Crippen molar-refractivity contribution >= 4 is 22.8 Å². The van der Waals surface area contributed by atoms with E-state index in [2.05, 4.69) is 0 Å². The van der Waals surface area contributed by atoms with Crippen LogP contribution < -0.4 is 0 Å². The normalized spacial score (nSPS) is 15.2. The van der Waals surface area contributed by atoms with Gasteiger partial charge in [0.15, 0.2) is 0 Å². The molecule has 0 aliphatic carbocycles. The zero-order valence-electron chi connectivity index (χ0n) is 6.57. The lowest BCUT2D eigenvalue weighted by atomic mass is 10.0. The number of hydrogen-bond donors (Lipinski definition) is 2. The molecule has 0 fully saturated rings. The van der Waals surface area contributed by atoms with Crippen LogP contribution in [0.15, 0.2) is 0 Å². The van der Waals surface area contributed by atoms with Gasteiger partial charge in [0, 0.05) is 11.5 Å². The van der Waals surface area contributed by atoms with Gasteiger partial charge in [0.25, 0.3) is 0 Å². The third kappa shape index (κ3) is 3.59.